The lowest BCUT2D eigenvalue weighted by atomic mass is 10.00. The van der Waals surface area contributed by atoms with Gasteiger partial charge in [0.25, 0.3) is 0 Å². The number of hydrogen-bond donors (Lipinski definition) is 2. The van der Waals surface area contributed by atoms with Crippen LogP contribution in [0.1, 0.15) is 37.9 Å². The van der Waals surface area contributed by atoms with Crippen LogP contribution in [0, 0.1) is 5.92 Å². The van der Waals surface area contributed by atoms with Gasteiger partial charge in [0.15, 0.2) is 0 Å². The number of fused-ring (bicyclic) bond motifs is 1. The van der Waals surface area contributed by atoms with Crippen molar-refractivity contribution in [1.29, 1.82) is 0 Å². The average molecular weight is 229 g/mol. The first-order chi connectivity index (χ1) is 8.08. The van der Waals surface area contributed by atoms with Gasteiger partial charge in [-0.05, 0) is 42.9 Å². The molecule has 2 aromatic rings. The van der Waals surface area contributed by atoms with Crippen LogP contribution in [0.5, 0.6) is 0 Å². The summed E-state index contributed by atoms with van der Waals surface area (Å²) in [5, 5.41) is 8.75. The van der Waals surface area contributed by atoms with Gasteiger partial charge in [-0.1, -0.05) is 19.9 Å². The number of aromatic amines is 1. The van der Waals surface area contributed by atoms with Crippen LogP contribution in [0.25, 0.3) is 10.9 Å². The van der Waals surface area contributed by atoms with Crippen molar-refractivity contribution in [2.24, 2.45) is 11.7 Å². The lowest BCUT2D eigenvalue weighted by Gasteiger charge is -2.09. The fourth-order valence-corrected chi connectivity index (χ4v) is 2.36. The zero-order chi connectivity index (χ0) is 12.0. The van der Waals surface area contributed by atoms with Crippen molar-refractivity contribution >= 4 is 10.9 Å². The number of nitrogens with one attached hydrogen (secondary N) is 1. The molecule has 0 amide bonds. The molecule has 3 heteroatoms. The summed E-state index contributed by atoms with van der Waals surface area (Å²) in [5.41, 5.74) is 9.74. The Labute approximate surface area is 101 Å². The van der Waals surface area contributed by atoms with Crippen molar-refractivity contribution in [3.63, 3.8) is 0 Å². The first-order valence-corrected chi connectivity index (χ1v) is 6.35. The van der Waals surface area contributed by atoms with Gasteiger partial charge in [0, 0.05) is 16.6 Å². The van der Waals surface area contributed by atoms with Gasteiger partial charge in [-0.2, -0.15) is 5.10 Å². The predicted molar refractivity (Wildman–Crippen MR) is 69.7 cm³/mol. The highest BCUT2D eigenvalue weighted by Gasteiger charge is 2.40. The third-order valence-electron chi connectivity index (χ3n) is 3.61. The quantitative estimate of drug-likeness (QED) is 0.850. The molecule has 1 aromatic heterocycles. The molecule has 1 aromatic carbocycles. The summed E-state index contributed by atoms with van der Waals surface area (Å²) in [6.45, 7) is 4.45. The molecular weight excluding hydrogens is 210 g/mol. The second-order valence-electron chi connectivity index (χ2n) is 5.69. The molecule has 1 aliphatic carbocycles. The Morgan fingerprint density at radius 3 is 2.82 bits per heavy atom. The first kappa shape index (κ1) is 10.8. The molecule has 17 heavy (non-hydrogen) atoms. The standard InChI is InChI=1S/C14H19N3/c1-9(2)7-13-11-8-10(14(15)5-6-14)3-4-12(11)16-17-13/h3-4,8-9H,5-7,15H2,1-2H3,(H,16,17). The van der Waals surface area contributed by atoms with Crippen LogP contribution in [0.2, 0.25) is 0 Å². The molecule has 3 nitrogen and oxygen atoms in total. The van der Waals surface area contributed by atoms with Gasteiger partial charge < -0.3 is 5.73 Å². The Balaban J connectivity index is 2.06. The van der Waals surface area contributed by atoms with E-state index in [-0.39, 0.29) is 5.54 Å². The van der Waals surface area contributed by atoms with Crippen molar-refractivity contribution in [3.8, 4) is 0 Å². The minimum absolute atomic E-state index is 0.0550. The maximum Gasteiger partial charge on any atom is 0.0923 e. The van der Waals surface area contributed by atoms with Crippen molar-refractivity contribution in [1.82, 2.24) is 10.2 Å². The molecule has 1 fully saturated rings. The van der Waals surface area contributed by atoms with Gasteiger partial charge in [0.2, 0.25) is 0 Å². The largest absolute Gasteiger partial charge is 0.321 e. The molecule has 0 aliphatic heterocycles. The van der Waals surface area contributed by atoms with Crippen LogP contribution in [0.4, 0.5) is 0 Å². The fourth-order valence-electron chi connectivity index (χ4n) is 2.36. The van der Waals surface area contributed by atoms with E-state index in [1.807, 2.05) is 0 Å². The van der Waals surface area contributed by atoms with Gasteiger partial charge in [-0.15, -0.1) is 0 Å². The SMILES string of the molecule is CC(C)Cc1[nH]nc2ccc(C3(N)CC3)cc12. The van der Waals surface area contributed by atoms with Crippen LogP contribution in [-0.4, -0.2) is 10.2 Å². The van der Waals surface area contributed by atoms with E-state index in [0.29, 0.717) is 5.92 Å². The predicted octanol–water partition coefficient (Wildman–Crippen LogP) is 2.71. The molecule has 3 N–H and O–H groups in total. The number of rotatable bonds is 3. The maximum absolute atomic E-state index is 6.25. The molecule has 1 heterocycles. The molecule has 1 saturated carbocycles. The lowest BCUT2D eigenvalue weighted by molar-refractivity contribution is 0.636. The van der Waals surface area contributed by atoms with Gasteiger partial charge >= 0.3 is 0 Å². The number of H-pyrrole nitrogens is 1. The normalized spacial score (nSPS) is 17.9. The molecule has 0 atom stereocenters. The highest BCUT2D eigenvalue weighted by atomic mass is 15.1. The third-order valence-corrected chi connectivity index (χ3v) is 3.61. The Morgan fingerprint density at radius 2 is 2.18 bits per heavy atom. The van der Waals surface area contributed by atoms with Crippen LogP contribution in [-0.2, 0) is 12.0 Å². The molecule has 0 unspecified atom stereocenters. The second kappa shape index (κ2) is 3.57. The minimum atomic E-state index is -0.0550. The van der Waals surface area contributed by atoms with Gasteiger partial charge in [-0.3, -0.25) is 5.10 Å². The van der Waals surface area contributed by atoms with Crippen LogP contribution in [0.3, 0.4) is 0 Å². The molecule has 0 bridgehead atoms. The fraction of sp³-hybridized carbons (Fsp3) is 0.500. The average Bonchev–Trinajstić information content (AvgIpc) is 2.91. The topological polar surface area (TPSA) is 54.7 Å². The summed E-state index contributed by atoms with van der Waals surface area (Å²) in [7, 11) is 0. The highest BCUT2D eigenvalue weighted by Crippen LogP contribution is 2.43. The first-order valence-electron chi connectivity index (χ1n) is 6.35. The number of aromatic nitrogens is 2. The Bertz CT molecular complexity index is 550. The summed E-state index contributed by atoms with van der Waals surface area (Å²) in [6, 6.07) is 6.43. The Morgan fingerprint density at radius 1 is 1.41 bits per heavy atom. The number of benzene rings is 1. The Hall–Kier alpha value is -1.35. The minimum Gasteiger partial charge on any atom is -0.321 e. The van der Waals surface area contributed by atoms with E-state index in [0.717, 1.165) is 24.8 Å². The second-order valence-corrected chi connectivity index (χ2v) is 5.69. The summed E-state index contributed by atoms with van der Waals surface area (Å²) < 4.78 is 0. The highest BCUT2D eigenvalue weighted by molar-refractivity contribution is 5.82. The van der Waals surface area contributed by atoms with E-state index < -0.39 is 0 Å². The number of nitrogens with zero attached hydrogens (tertiary/aromatic N) is 1. The maximum atomic E-state index is 6.25. The molecule has 0 spiro atoms. The summed E-state index contributed by atoms with van der Waals surface area (Å²) in [5.74, 6) is 0.634. The smallest absolute Gasteiger partial charge is 0.0923 e. The molecule has 90 valence electrons. The number of hydrogen-bond acceptors (Lipinski definition) is 2. The van der Waals surface area contributed by atoms with E-state index in [1.54, 1.807) is 0 Å². The van der Waals surface area contributed by atoms with Crippen molar-refractivity contribution in [2.45, 2.75) is 38.6 Å². The van der Waals surface area contributed by atoms with Crippen LogP contribution >= 0.6 is 0 Å². The van der Waals surface area contributed by atoms with Gasteiger partial charge in [0.05, 0.1) is 5.52 Å². The summed E-state index contributed by atoms with van der Waals surface area (Å²) in [6.07, 6.45) is 3.25. The van der Waals surface area contributed by atoms with Crippen LogP contribution < -0.4 is 5.73 Å². The lowest BCUT2D eigenvalue weighted by Crippen LogP contribution is -2.18. The van der Waals surface area contributed by atoms with Crippen molar-refractivity contribution in [2.75, 3.05) is 0 Å². The summed E-state index contributed by atoms with van der Waals surface area (Å²) in [4.78, 5) is 0. The van der Waals surface area contributed by atoms with Gasteiger partial charge in [0.1, 0.15) is 0 Å². The van der Waals surface area contributed by atoms with Crippen LogP contribution in [0.15, 0.2) is 18.2 Å². The molecular formula is C14H19N3. The zero-order valence-electron chi connectivity index (χ0n) is 10.5. The van der Waals surface area contributed by atoms with Crippen molar-refractivity contribution in [3.05, 3.63) is 29.5 Å². The van der Waals surface area contributed by atoms with E-state index in [4.69, 9.17) is 5.73 Å². The Kier molecular flexibility index (Phi) is 2.26. The molecule has 0 saturated heterocycles. The monoisotopic (exact) mass is 229 g/mol. The van der Waals surface area contributed by atoms with Gasteiger partial charge in [-0.25, -0.2) is 0 Å². The molecule has 0 radical (unpaired) electrons. The molecule has 1 aliphatic rings. The van der Waals surface area contributed by atoms with E-state index in [2.05, 4.69) is 42.2 Å². The zero-order valence-corrected chi connectivity index (χ0v) is 10.5. The van der Waals surface area contributed by atoms with Crippen molar-refractivity contribution < 1.29 is 0 Å². The number of nitrogens with two attached hydrogens (primary N) is 1. The third kappa shape index (κ3) is 1.84. The molecule has 3 rings (SSSR count). The summed E-state index contributed by atoms with van der Waals surface area (Å²) >= 11 is 0. The van der Waals surface area contributed by atoms with E-state index in [1.165, 1.54) is 16.6 Å². The van der Waals surface area contributed by atoms with E-state index >= 15 is 0 Å². The van der Waals surface area contributed by atoms with E-state index in [9.17, 15) is 0 Å².